The Morgan fingerprint density at radius 3 is 2.53 bits per heavy atom. The van der Waals surface area contributed by atoms with Gasteiger partial charge in [0.25, 0.3) is 0 Å². The van der Waals surface area contributed by atoms with E-state index in [0.717, 1.165) is 44.5 Å². The first-order valence-electron chi connectivity index (χ1n) is 14.0. The molecule has 206 valence electrons. The van der Waals surface area contributed by atoms with Crippen LogP contribution in [0.2, 0.25) is 0 Å². The highest BCUT2D eigenvalue weighted by Gasteiger charge is 2.44. The maximum Gasteiger partial charge on any atom is 0.410 e. The van der Waals surface area contributed by atoms with Gasteiger partial charge in [-0.05, 0) is 96.1 Å². The van der Waals surface area contributed by atoms with Crippen LogP contribution in [0.4, 0.5) is 9.18 Å². The summed E-state index contributed by atoms with van der Waals surface area (Å²) in [6, 6.07) is 8.78. The third-order valence-electron chi connectivity index (χ3n) is 8.13. The Labute approximate surface area is 226 Å². The minimum Gasteiger partial charge on any atom is -0.444 e. The lowest BCUT2D eigenvalue weighted by Crippen LogP contribution is -2.46. The number of aryl methyl sites for hydroxylation is 2. The van der Waals surface area contributed by atoms with Crippen LogP contribution in [0.15, 0.2) is 24.3 Å². The zero-order valence-corrected chi connectivity index (χ0v) is 23.7. The number of likely N-dealkylation sites (tertiary alicyclic amines) is 2. The van der Waals surface area contributed by atoms with Crippen LogP contribution in [0, 0.1) is 30.0 Å². The maximum absolute atomic E-state index is 14.2. The SMILES string of the molecule is CCc1nn(CC)c(C)c1C1CCN([C@@H](C#N)[C@H]2CN(C(=O)OC(C)(C)C)C[C@@H]2c2cccc(F)c2)CC1. The van der Waals surface area contributed by atoms with E-state index in [4.69, 9.17) is 9.84 Å². The van der Waals surface area contributed by atoms with Gasteiger partial charge in [-0.2, -0.15) is 10.4 Å². The van der Waals surface area contributed by atoms with Crippen LogP contribution in [0.3, 0.4) is 0 Å². The third-order valence-corrected chi connectivity index (χ3v) is 8.13. The second-order valence-corrected chi connectivity index (χ2v) is 11.7. The normalized spacial score (nSPS) is 21.9. The molecule has 0 radical (unpaired) electrons. The molecule has 2 fully saturated rings. The number of piperidine rings is 1. The fourth-order valence-electron chi connectivity index (χ4n) is 6.35. The molecule has 0 saturated carbocycles. The van der Waals surface area contributed by atoms with Crippen LogP contribution in [0.5, 0.6) is 0 Å². The molecule has 0 spiro atoms. The molecule has 0 unspecified atom stereocenters. The molecule has 1 aromatic carbocycles. The molecular weight excluding hydrogens is 481 g/mol. The molecule has 0 aliphatic carbocycles. The first-order chi connectivity index (χ1) is 18.1. The minimum absolute atomic E-state index is 0.137. The van der Waals surface area contributed by atoms with Crippen molar-refractivity contribution in [1.29, 1.82) is 5.26 Å². The van der Waals surface area contributed by atoms with Crippen molar-refractivity contribution in [3.8, 4) is 6.07 Å². The number of carbonyl (C=O) groups excluding carboxylic acids is 1. The number of aromatic nitrogens is 2. The number of nitriles is 1. The van der Waals surface area contributed by atoms with Gasteiger partial charge >= 0.3 is 6.09 Å². The van der Waals surface area contributed by atoms with Crippen LogP contribution in [0.25, 0.3) is 0 Å². The first-order valence-corrected chi connectivity index (χ1v) is 14.0. The lowest BCUT2D eigenvalue weighted by atomic mass is 9.81. The van der Waals surface area contributed by atoms with E-state index in [1.54, 1.807) is 11.0 Å². The Hall–Kier alpha value is -2.92. The molecule has 1 amide bonds. The number of ether oxygens (including phenoxy) is 1. The summed E-state index contributed by atoms with van der Waals surface area (Å²) in [4.78, 5) is 16.9. The Morgan fingerprint density at radius 1 is 1.24 bits per heavy atom. The Balaban J connectivity index is 1.54. The highest BCUT2D eigenvalue weighted by Crippen LogP contribution is 2.40. The quantitative estimate of drug-likeness (QED) is 0.490. The van der Waals surface area contributed by atoms with Crippen LogP contribution in [-0.2, 0) is 17.7 Å². The van der Waals surface area contributed by atoms with E-state index in [9.17, 15) is 14.4 Å². The van der Waals surface area contributed by atoms with Crippen molar-refractivity contribution >= 4 is 6.09 Å². The summed E-state index contributed by atoms with van der Waals surface area (Å²) < 4.78 is 22.0. The molecule has 38 heavy (non-hydrogen) atoms. The third kappa shape index (κ3) is 5.88. The molecule has 2 saturated heterocycles. The highest BCUT2D eigenvalue weighted by molar-refractivity contribution is 5.69. The van der Waals surface area contributed by atoms with E-state index in [1.807, 2.05) is 26.8 Å². The zero-order chi connectivity index (χ0) is 27.6. The van der Waals surface area contributed by atoms with Gasteiger partial charge in [-0.1, -0.05) is 19.1 Å². The molecule has 3 heterocycles. The van der Waals surface area contributed by atoms with Crippen molar-refractivity contribution in [1.82, 2.24) is 19.6 Å². The predicted molar refractivity (Wildman–Crippen MR) is 145 cm³/mol. The van der Waals surface area contributed by atoms with Crippen molar-refractivity contribution in [3.63, 3.8) is 0 Å². The van der Waals surface area contributed by atoms with Gasteiger partial charge in [0.15, 0.2) is 0 Å². The average molecular weight is 524 g/mol. The number of nitrogens with zero attached hydrogens (tertiary/aromatic N) is 5. The van der Waals surface area contributed by atoms with Crippen LogP contribution in [-0.4, -0.2) is 63.5 Å². The topological polar surface area (TPSA) is 74.4 Å². The molecule has 2 aromatic rings. The summed E-state index contributed by atoms with van der Waals surface area (Å²) in [5, 5.41) is 15.2. The van der Waals surface area contributed by atoms with Crippen molar-refractivity contribution in [3.05, 3.63) is 52.6 Å². The van der Waals surface area contributed by atoms with E-state index >= 15 is 0 Å². The molecule has 8 heteroatoms. The Morgan fingerprint density at radius 2 is 1.95 bits per heavy atom. The number of carbonyl (C=O) groups is 1. The molecule has 4 rings (SSSR count). The van der Waals surface area contributed by atoms with Gasteiger partial charge in [-0.15, -0.1) is 0 Å². The first kappa shape index (κ1) is 28.1. The molecule has 7 nitrogen and oxygen atoms in total. The Bertz CT molecular complexity index is 1170. The second-order valence-electron chi connectivity index (χ2n) is 11.7. The molecule has 2 aliphatic heterocycles. The maximum atomic E-state index is 14.2. The minimum atomic E-state index is -0.610. The van der Waals surface area contributed by atoms with Crippen LogP contribution < -0.4 is 0 Å². The van der Waals surface area contributed by atoms with E-state index in [0.29, 0.717) is 19.0 Å². The molecule has 3 atom stereocenters. The molecular formula is C30H42FN5O2. The smallest absolute Gasteiger partial charge is 0.410 e. The summed E-state index contributed by atoms with van der Waals surface area (Å²) >= 11 is 0. The lowest BCUT2D eigenvalue weighted by Gasteiger charge is -2.38. The summed E-state index contributed by atoms with van der Waals surface area (Å²) in [6.07, 6.45) is 2.47. The lowest BCUT2D eigenvalue weighted by molar-refractivity contribution is 0.0279. The molecule has 2 aliphatic rings. The number of amides is 1. The van der Waals surface area contributed by atoms with Crippen LogP contribution in [0.1, 0.15) is 81.8 Å². The van der Waals surface area contributed by atoms with Gasteiger partial charge in [0, 0.05) is 37.2 Å². The molecule has 1 aromatic heterocycles. The molecule has 0 bridgehead atoms. The standard InChI is InChI=1S/C30H42FN5O2/c1-7-26-28(20(3)36(8-2)33-26)21-12-14-34(15-13-21)27(17-32)25-19-35(29(37)38-30(4,5)6)18-24(25)22-10-9-11-23(31)16-22/h9-11,16,21,24-25,27H,7-8,12-15,18-19H2,1-6H3/t24-,25+,27+/m1/s1. The van der Waals surface area contributed by atoms with Crippen molar-refractivity contribution in [2.45, 2.75) is 90.8 Å². The van der Waals surface area contributed by atoms with Gasteiger partial charge in [0.05, 0.1) is 11.8 Å². The number of benzene rings is 1. The average Bonchev–Trinajstić information content (AvgIpc) is 3.45. The van der Waals surface area contributed by atoms with Crippen molar-refractivity contribution < 1.29 is 13.9 Å². The second kappa shape index (κ2) is 11.4. The van der Waals surface area contributed by atoms with Crippen molar-refractivity contribution in [2.24, 2.45) is 5.92 Å². The molecule has 0 N–H and O–H groups in total. The largest absolute Gasteiger partial charge is 0.444 e. The summed E-state index contributed by atoms with van der Waals surface area (Å²) in [5.41, 5.74) is 4.05. The number of hydrogen-bond acceptors (Lipinski definition) is 5. The summed E-state index contributed by atoms with van der Waals surface area (Å²) in [6.45, 7) is 15.3. The van der Waals surface area contributed by atoms with E-state index in [1.165, 1.54) is 29.1 Å². The number of halogens is 1. The van der Waals surface area contributed by atoms with E-state index in [2.05, 4.69) is 36.4 Å². The highest BCUT2D eigenvalue weighted by atomic mass is 19.1. The fraction of sp³-hybridized carbons (Fsp3) is 0.633. The predicted octanol–water partition coefficient (Wildman–Crippen LogP) is 5.64. The monoisotopic (exact) mass is 523 g/mol. The Kier molecular flexibility index (Phi) is 8.46. The summed E-state index contributed by atoms with van der Waals surface area (Å²) in [5.74, 6) is -0.151. The van der Waals surface area contributed by atoms with E-state index < -0.39 is 5.60 Å². The van der Waals surface area contributed by atoms with Crippen molar-refractivity contribution in [2.75, 3.05) is 26.2 Å². The van der Waals surface area contributed by atoms with Gasteiger partial charge in [0.2, 0.25) is 0 Å². The number of rotatable bonds is 6. The van der Waals surface area contributed by atoms with Gasteiger partial charge in [0.1, 0.15) is 17.5 Å². The zero-order valence-electron chi connectivity index (χ0n) is 23.7. The summed E-state index contributed by atoms with van der Waals surface area (Å²) in [7, 11) is 0. The van der Waals surface area contributed by atoms with Gasteiger partial charge < -0.3 is 9.64 Å². The fourth-order valence-corrected chi connectivity index (χ4v) is 6.35. The van der Waals surface area contributed by atoms with Gasteiger partial charge in [-0.3, -0.25) is 9.58 Å². The van der Waals surface area contributed by atoms with Crippen LogP contribution >= 0.6 is 0 Å². The number of hydrogen-bond donors (Lipinski definition) is 0. The van der Waals surface area contributed by atoms with E-state index in [-0.39, 0.29) is 29.8 Å². The van der Waals surface area contributed by atoms with Gasteiger partial charge in [-0.25, -0.2) is 9.18 Å².